The third-order valence-electron chi connectivity index (χ3n) is 4.11. The van der Waals surface area contributed by atoms with Crippen molar-refractivity contribution >= 4 is 17.5 Å². The SMILES string of the molecule is C[C@@H]1C[C@@H]1C(=O)NCCC(=O)Nc1ccc(-n2ccnc2)c(F)c1. The van der Waals surface area contributed by atoms with Crippen molar-refractivity contribution in [1.29, 1.82) is 0 Å². The standard InChI is InChI=1S/C17H19FN4O2/c1-11-8-13(11)17(24)20-5-4-16(23)21-12-2-3-15(14(18)9-12)22-7-6-19-10-22/h2-3,6-7,9-11,13H,4-5,8H2,1H3,(H,20,24)(H,21,23)/t11-,13+/m1/s1. The molecule has 0 aliphatic heterocycles. The molecule has 0 saturated heterocycles. The third-order valence-corrected chi connectivity index (χ3v) is 4.11. The molecule has 1 saturated carbocycles. The highest BCUT2D eigenvalue weighted by atomic mass is 19.1. The third kappa shape index (κ3) is 3.79. The molecule has 0 unspecified atom stereocenters. The number of hydrogen-bond acceptors (Lipinski definition) is 3. The van der Waals surface area contributed by atoms with E-state index in [1.165, 1.54) is 12.4 Å². The number of nitrogens with one attached hydrogen (secondary N) is 2. The van der Waals surface area contributed by atoms with Crippen LogP contribution in [0.25, 0.3) is 5.69 Å². The molecular weight excluding hydrogens is 311 g/mol. The number of carbonyl (C=O) groups excluding carboxylic acids is 2. The smallest absolute Gasteiger partial charge is 0.226 e. The second kappa shape index (κ2) is 6.82. The lowest BCUT2D eigenvalue weighted by molar-refractivity contribution is -0.122. The van der Waals surface area contributed by atoms with Crippen LogP contribution in [0, 0.1) is 17.7 Å². The highest BCUT2D eigenvalue weighted by molar-refractivity contribution is 5.91. The van der Waals surface area contributed by atoms with Crippen LogP contribution in [-0.2, 0) is 9.59 Å². The zero-order valence-electron chi connectivity index (χ0n) is 13.3. The Bertz CT molecular complexity index is 745. The number of nitrogens with zero attached hydrogens (tertiary/aromatic N) is 2. The fourth-order valence-electron chi connectivity index (χ4n) is 2.54. The minimum absolute atomic E-state index is 0.00558. The molecular formula is C17H19FN4O2. The van der Waals surface area contributed by atoms with Crippen LogP contribution >= 0.6 is 0 Å². The molecule has 2 amide bonds. The van der Waals surface area contributed by atoms with E-state index in [1.807, 2.05) is 6.92 Å². The van der Waals surface area contributed by atoms with Gasteiger partial charge in [-0.15, -0.1) is 0 Å². The quantitative estimate of drug-likeness (QED) is 0.852. The van der Waals surface area contributed by atoms with Gasteiger partial charge in [0.25, 0.3) is 0 Å². The van der Waals surface area contributed by atoms with Gasteiger partial charge in [0.1, 0.15) is 5.82 Å². The van der Waals surface area contributed by atoms with Gasteiger partial charge in [-0.05, 0) is 30.5 Å². The molecule has 0 bridgehead atoms. The van der Waals surface area contributed by atoms with E-state index in [9.17, 15) is 14.0 Å². The van der Waals surface area contributed by atoms with Gasteiger partial charge in [0.15, 0.2) is 0 Å². The Balaban J connectivity index is 1.49. The molecule has 2 atom stereocenters. The second-order valence-corrected chi connectivity index (χ2v) is 6.04. The summed E-state index contributed by atoms with van der Waals surface area (Å²) < 4.78 is 15.6. The van der Waals surface area contributed by atoms with Gasteiger partial charge in [-0.1, -0.05) is 6.92 Å². The van der Waals surface area contributed by atoms with Crippen LogP contribution in [0.2, 0.25) is 0 Å². The maximum Gasteiger partial charge on any atom is 0.226 e. The van der Waals surface area contributed by atoms with E-state index >= 15 is 0 Å². The maximum absolute atomic E-state index is 14.1. The van der Waals surface area contributed by atoms with Gasteiger partial charge in [-0.25, -0.2) is 9.37 Å². The van der Waals surface area contributed by atoms with Gasteiger partial charge in [-0.2, -0.15) is 0 Å². The van der Waals surface area contributed by atoms with Gasteiger partial charge in [0.05, 0.1) is 12.0 Å². The number of hydrogen-bond donors (Lipinski definition) is 2. The number of imidazole rings is 1. The molecule has 0 spiro atoms. The van der Waals surface area contributed by atoms with Crippen molar-refractivity contribution in [2.24, 2.45) is 11.8 Å². The molecule has 7 heteroatoms. The molecule has 6 nitrogen and oxygen atoms in total. The lowest BCUT2D eigenvalue weighted by atomic mass is 10.2. The second-order valence-electron chi connectivity index (χ2n) is 6.04. The van der Waals surface area contributed by atoms with Crippen molar-refractivity contribution in [1.82, 2.24) is 14.9 Å². The predicted octanol–water partition coefficient (Wildman–Crippen LogP) is 2.11. The van der Waals surface area contributed by atoms with E-state index in [0.29, 0.717) is 17.3 Å². The van der Waals surface area contributed by atoms with Crippen molar-refractivity contribution in [3.8, 4) is 5.69 Å². The van der Waals surface area contributed by atoms with Crippen molar-refractivity contribution in [3.63, 3.8) is 0 Å². The normalized spacial score (nSPS) is 18.9. The van der Waals surface area contributed by atoms with Crippen molar-refractivity contribution in [2.45, 2.75) is 19.8 Å². The van der Waals surface area contributed by atoms with E-state index in [0.717, 1.165) is 6.42 Å². The molecule has 1 aliphatic carbocycles. The number of rotatable bonds is 6. The number of carbonyl (C=O) groups is 2. The summed E-state index contributed by atoms with van der Waals surface area (Å²) in [6.45, 7) is 2.31. The largest absolute Gasteiger partial charge is 0.355 e. The average Bonchev–Trinajstić information content (AvgIpc) is 3.05. The van der Waals surface area contributed by atoms with Gasteiger partial charge < -0.3 is 15.2 Å². The van der Waals surface area contributed by atoms with Gasteiger partial charge >= 0.3 is 0 Å². The Labute approximate surface area is 139 Å². The number of halogens is 1. The highest BCUT2D eigenvalue weighted by Crippen LogP contribution is 2.37. The van der Waals surface area contributed by atoms with Crippen LogP contribution in [0.4, 0.5) is 10.1 Å². The monoisotopic (exact) mass is 330 g/mol. The first-order valence-corrected chi connectivity index (χ1v) is 7.90. The molecule has 1 aromatic carbocycles. The summed E-state index contributed by atoms with van der Waals surface area (Å²) in [6.07, 6.45) is 5.77. The summed E-state index contributed by atoms with van der Waals surface area (Å²) in [4.78, 5) is 27.4. The summed E-state index contributed by atoms with van der Waals surface area (Å²) in [5.41, 5.74) is 0.736. The van der Waals surface area contributed by atoms with Crippen LogP contribution < -0.4 is 10.6 Å². The Morgan fingerprint density at radius 3 is 2.83 bits per heavy atom. The molecule has 24 heavy (non-hydrogen) atoms. The van der Waals surface area contributed by atoms with Crippen LogP contribution in [0.5, 0.6) is 0 Å². The van der Waals surface area contributed by atoms with Crippen molar-refractivity contribution < 1.29 is 14.0 Å². The summed E-state index contributed by atoms with van der Waals surface area (Å²) in [5.74, 6) is -0.185. The number of anilines is 1. The first kappa shape index (κ1) is 16.2. The first-order chi connectivity index (χ1) is 11.5. The minimum Gasteiger partial charge on any atom is -0.355 e. The van der Waals surface area contributed by atoms with Crippen LogP contribution in [-0.4, -0.2) is 27.9 Å². The van der Waals surface area contributed by atoms with Gasteiger partial charge in [0.2, 0.25) is 11.8 Å². The van der Waals surface area contributed by atoms with Crippen LogP contribution in [0.3, 0.4) is 0 Å². The summed E-state index contributed by atoms with van der Waals surface area (Å²) in [7, 11) is 0. The number of benzene rings is 1. The van der Waals surface area contributed by atoms with Gasteiger partial charge in [0, 0.05) is 37.0 Å². The lowest BCUT2D eigenvalue weighted by Crippen LogP contribution is -2.29. The molecule has 1 aromatic heterocycles. The van der Waals surface area contributed by atoms with E-state index < -0.39 is 5.82 Å². The van der Waals surface area contributed by atoms with E-state index in [1.54, 1.807) is 29.1 Å². The molecule has 2 N–H and O–H groups in total. The Morgan fingerprint density at radius 1 is 1.42 bits per heavy atom. The summed E-state index contributed by atoms with van der Waals surface area (Å²) >= 11 is 0. The van der Waals surface area contributed by atoms with Crippen LogP contribution in [0.15, 0.2) is 36.9 Å². The molecule has 126 valence electrons. The number of aromatic nitrogens is 2. The molecule has 3 rings (SSSR count). The summed E-state index contributed by atoms with van der Waals surface area (Å²) in [6, 6.07) is 4.46. The first-order valence-electron chi connectivity index (χ1n) is 7.90. The van der Waals surface area contributed by atoms with Crippen molar-refractivity contribution in [3.05, 3.63) is 42.7 Å². The minimum atomic E-state index is -0.457. The molecule has 1 heterocycles. The Kier molecular flexibility index (Phi) is 4.59. The maximum atomic E-state index is 14.1. The van der Waals surface area contributed by atoms with Gasteiger partial charge in [-0.3, -0.25) is 9.59 Å². The van der Waals surface area contributed by atoms with E-state index in [4.69, 9.17) is 0 Å². The van der Waals surface area contributed by atoms with E-state index in [-0.39, 0.29) is 30.7 Å². The predicted molar refractivity (Wildman–Crippen MR) is 87.0 cm³/mol. The topological polar surface area (TPSA) is 76.0 Å². The lowest BCUT2D eigenvalue weighted by Gasteiger charge is -2.09. The molecule has 1 aliphatic rings. The van der Waals surface area contributed by atoms with Crippen molar-refractivity contribution in [2.75, 3.05) is 11.9 Å². The van der Waals surface area contributed by atoms with E-state index in [2.05, 4.69) is 15.6 Å². The fourth-order valence-corrected chi connectivity index (χ4v) is 2.54. The molecule has 2 aromatic rings. The van der Waals surface area contributed by atoms with Crippen LogP contribution in [0.1, 0.15) is 19.8 Å². The highest BCUT2D eigenvalue weighted by Gasteiger charge is 2.38. The zero-order valence-corrected chi connectivity index (χ0v) is 13.3. The molecule has 1 fully saturated rings. The zero-order chi connectivity index (χ0) is 17.1. The fraction of sp³-hybridized carbons (Fsp3) is 0.353. The summed E-state index contributed by atoms with van der Waals surface area (Å²) in [5, 5.41) is 5.37. The Morgan fingerprint density at radius 2 is 2.21 bits per heavy atom. The Hall–Kier alpha value is -2.70. The number of amides is 2. The molecule has 0 radical (unpaired) electrons. The average molecular weight is 330 g/mol.